The first kappa shape index (κ1) is 22.8. The van der Waals surface area contributed by atoms with Crippen molar-refractivity contribution in [3.63, 3.8) is 0 Å². The molecule has 1 amide bonds. The smallest absolute Gasteiger partial charge is 0.341 e. The van der Waals surface area contributed by atoms with Gasteiger partial charge in [-0.15, -0.1) is 11.3 Å². The second-order valence-corrected chi connectivity index (χ2v) is 9.63. The summed E-state index contributed by atoms with van der Waals surface area (Å²) in [7, 11) is 0. The van der Waals surface area contributed by atoms with Crippen LogP contribution in [-0.2, 0) is 31.9 Å². The minimum Gasteiger partial charge on any atom is -0.462 e. The van der Waals surface area contributed by atoms with Gasteiger partial charge in [0, 0.05) is 11.3 Å². The van der Waals surface area contributed by atoms with Crippen molar-refractivity contribution in [3.8, 4) is 0 Å². The number of carbonyl (C=O) groups excluding carboxylic acids is 3. The van der Waals surface area contributed by atoms with E-state index in [1.165, 1.54) is 43.4 Å². The fourth-order valence-corrected chi connectivity index (χ4v) is 5.85. The second kappa shape index (κ2) is 10.9. The zero-order chi connectivity index (χ0) is 21.5. The molecule has 166 valence electrons. The van der Waals surface area contributed by atoms with Gasteiger partial charge >= 0.3 is 11.9 Å². The lowest BCUT2D eigenvalue weighted by Crippen LogP contribution is -2.22. The van der Waals surface area contributed by atoms with Crippen molar-refractivity contribution in [2.75, 3.05) is 18.5 Å². The molecule has 1 saturated carbocycles. The van der Waals surface area contributed by atoms with Gasteiger partial charge in [-0.1, -0.05) is 39.0 Å². The third kappa shape index (κ3) is 6.06. The van der Waals surface area contributed by atoms with Crippen LogP contribution in [0.3, 0.4) is 0 Å². The average molecular weight is 436 g/mol. The van der Waals surface area contributed by atoms with Gasteiger partial charge in [-0.05, 0) is 50.0 Å². The van der Waals surface area contributed by atoms with Gasteiger partial charge in [0.05, 0.1) is 12.2 Å². The third-order valence-electron chi connectivity index (χ3n) is 6.09. The fraction of sp³-hybridized carbons (Fsp3) is 0.696. The van der Waals surface area contributed by atoms with Crippen LogP contribution in [0.4, 0.5) is 5.00 Å². The first-order chi connectivity index (χ1) is 14.5. The summed E-state index contributed by atoms with van der Waals surface area (Å²) < 4.78 is 10.4. The van der Waals surface area contributed by atoms with Gasteiger partial charge in [-0.3, -0.25) is 9.59 Å². The van der Waals surface area contributed by atoms with Gasteiger partial charge in [0.2, 0.25) is 0 Å². The molecule has 1 N–H and O–H groups in total. The maximum atomic E-state index is 12.5. The molecule has 30 heavy (non-hydrogen) atoms. The zero-order valence-electron chi connectivity index (χ0n) is 18.1. The highest BCUT2D eigenvalue weighted by Gasteiger charge is 2.29. The molecule has 0 aromatic carbocycles. The molecule has 2 aliphatic carbocycles. The van der Waals surface area contributed by atoms with E-state index in [0.29, 0.717) is 28.8 Å². The van der Waals surface area contributed by atoms with Crippen LogP contribution in [-0.4, -0.2) is 31.1 Å². The summed E-state index contributed by atoms with van der Waals surface area (Å²) in [5.41, 5.74) is 1.47. The summed E-state index contributed by atoms with van der Waals surface area (Å²) in [6, 6.07) is 0. The topological polar surface area (TPSA) is 81.7 Å². The van der Waals surface area contributed by atoms with Crippen molar-refractivity contribution < 1.29 is 23.9 Å². The molecule has 1 aromatic heterocycles. The summed E-state index contributed by atoms with van der Waals surface area (Å²) in [6.45, 7) is 3.91. The van der Waals surface area contributed by atoms with Crippen LogP contribution in [0.15, 0.2) is 0 Å². The Hall–Kier alpha value is -1.89. The van der Waals surface area contributed by atoms with Crippen LogP contribution in [0.5, 0.6) is 0 Å². The summed E-state index contributed by atoms with van der Waals surface area (Å²) in [6.07, 6.45) is 10.1. The van der Waals surface area contributed by atoms with Crippen LogP contribution < -0.4 is 5.32 Å². The van der Waals surface area contributed by atoms with Crippen LogP contribution in [0.25, 0.3) is 0 Å². The molecule has 1 aromatic rings. The lowest BCUT2D eigenvalue weighted by Gasteiger charge is -2.20. The van der Waals surface area contributed by atoms with E-state index in [1.54, 1.807) is 6.92 Å². The Kier molecular flexibility index (Phi) is 8.31. The summed E-state index contributed by atoms with van der Waals surface area (Å²) in [5.74, 6) is 0.00939. The zero-order valence-corrected chi connectivity index (χ0v) is 18.9. The first-order valence-electron chi connectivity index (χ1n) is 11.2. The Labute approximate surface area is 182 Å². The molecular formula is C23H33NO5S. The lowest BCUT2D eigenvalue weighted by atomic mass is 9.86. The van der Waals surface area contributed by atoms with E-state index in [4.69, 9.17) is 9.47 Å². The SMILES string of the molecule is CCOC(=O)c1c(NC(=O)COC(=O)CCC2CCCCC2)sc2c1CCC(C)C2. The van der Waals surface area contributed by atoms with E-state index < -0.39 is 11.9 Å². The van der Waals surface area contributed by atoms with Crippen LogP contribution in [0.1, 0.15) is 86.0 Å². The Morgan fingerprint density at radius 1 is 1.10 bits per heavy atom. The number of rotatable bonds is 8. The molecule has 0 aliphatic heterocycles. The predicted molar refractivity (Wildman–Crippen MR) is 117 cm³/mol. The number of esters is 2. The van der Waals surface area contributed by atoms with E-state index in [2.05, 4.69) is 12.2 Å². The molecule has 6 nitrogen and oxygen atoms in total. The van der Waals surface area contributed by atoms with Crippen molar-refractivity contribution >= 4 is 34.2 Å². The number of hydrogen-bond donors (Lipinski definition) is 1. The fourth-order valence-electron chi connectivity index (χ4n) is 4.44. The quantitative estimate of drug-likeness (QED) is 0.588. The van der Waals surface area contributed by atoms with E-state index in [1.807, 2.05) is 0 Å². The number of carbonyl (C=O) groups is 3. The summed E-state index contributed by atoms with van der Waals surface area (Å²) in [5, 5.41) is 3.29. The molecule has 0 saturated heterocycles. The van der Waals surface area contributed by atoms with Crippen LogP contribution in [0.2, 0.25) is 0 Å². The van der Waals surface area contributed by atoms with Crippen molar-refractivity contribution in [2.24, 2.45) is 11.8 Å². The van der Waals surface area contributed by atoms with Crippen molar-refractivity contribution in [1.29, 1.82) is 0 Å². The van der Waals surface area contributed by atoms with Gasteiger partial charge < -0.3 is 14.8 Å². The van der Waals surface area contributed by atoms with Gasteiger partial charge in [0.25, 0.3) is 5.91 Å². The Balaban J connectivity index is 1.55. The normalized spacial score (nSPS) is 19.1. The van der Waals surface area contributed by atoms with Gasteiger partial charge in [-0.2, -0.15) is 0 Å². The summed E-state index contributed by atoms with van der Waals surface area (Å²) in [4.78, 5) is 38.1. The number of thiophene rings is 1. The number of fused-ring (bicyclic) bond motifs is 1. The van der Waals surface area contributed by atoms with Crippen molar-refractivity contribution in [1.82, 2.24) is 0 Å². The molecule has 1 fully saturated rings. The Bertz CT molecular complexity index is 766. The highest BCUT2D eigenvalue weighted by atomic mass is 32.1. The molecule has 0 bridgehead atoms. The molecule has 0 radical (unpaired) electrons. The average Bonchev–Trinajstić information content (AvgIpc) is 3.08. The van der Waals surface area contributed by atoms with Crippen molar-refractivity contribution in [2.45, 2.75) is 78.1 Å². The number of anilines is 1. The minimum atomic E-state index is -0.418. The molecule has 1 atom stereocenters. The summed E-state index contributed by atoms with van der Waals surface area (Å²) >= 11 is 1.44. The van der Waals surface area contributed by atoms with E-state index in [9.17, 15) is 14.4 Å². The molecule has 0 spiro atoms. The standard InChI is InChI=1S/C23H33NO5S/c1-3-28-23(27)21-17-11-9-15(2)13-18(17)30-22(21)24-19(25)14-29-20(26)12-10-16-7-5-4-6-8-16/h15-16H,3-14H2,1-2H3,(H,24,25). The van der Waals surface area contributed by atoms with Gasteiger partial charge in [0.1, 0.15) is 5.00 Å². The minimum absolute atomic E-state index is 0.284. The monoisotopic (exact) mass is 435 g/mol. The van der Waals surface area contributed by atoms with E-state index in [-0.39, 0.29) is 19.2 Å². The largest absolute Gasteiger partial charge is 0.462 e. The van der Waals surface area contributed by atoms with Gasteiger partial charge in [0.15, 0.2) is 6.61 Å². The second-order valence-electron chi connectivity index (χ2n) is 8.53. The maximum Gasteiger partial charge on any atom is 0.341 e. The Morgan fingerprint density at radius 2 is 1.87 bits per heavy atom. The predicted octanol–water partition coefficient (Wildman–Crippen LogP) is 4.89. The van der Waals surface area contributed by atoms with E-state index in [0.717, 1.165) is 36.1 Å². The van der Waals surface area contributed by atoms with E-state index >= 15 is 0 Å². The maximum absolute atomic E-state index is 12.5. The number of amides is 1. The number of ether oxygens (including phenoxy) is 2. The molecular weight excluding hydrogens is 402 g/mol. The molecule has 1 heterocycles. The lowest BCUT2D eigenvalue weighted by molar-refractivity contribution is -0.147. The molecule has 1 unspecified atom stereocenters. The highest BCUT2D eigenvalue weighted by molar-refractivity contribution is 7.17. The molecule has 7 heteroatoms. The highest BCUT2D eigenvalue weighted by Crippen LogP contribution is 2.40. The van der Waals surface area contributed by atoms with Crippen molar-refractivity contribution in [3.05, 3.63) is 16.0 Å². The number of nitrogens with one attached hydrogen (secondary N) is 1. The number of hydrogen-bond acceptors (Lipinski definition) is 6. The van der Waals surface area contributed by atoms with Gasteiger partial charge in [-0.25, -0.2) is 4.79 Å². The molecule has 3 rings (SSSR count). The molecule has 2 aliphatic rings. The first-order valence-corrected chi connectivity index (χ1v) is 12.1. The Morgan fingerprint density at radius 3 is 2.60 bits per heavy atom. The van der Waals surface area contributed by atoms with Crippen LogP contribution in [0, 0.1) is 11.8 Å². The third-order valence-corrected chi connectivity index (χ3v) is 7.26. The van der Waals surface area contributed by atoms with Crippen LogP contribution >= 0.6 is 11.3 Å².